The van der Waals surface area contributed by atoms with Gasteiger partial charge in [-0.05, 0) is 53.6 Å². The maximum absolute atomic E-state index is 13.5. The lowest BCUT2D eigenvalue weighted by Crippen LogP contribution is -2.25. The number of hydrogen-bond acceptors (Lipinski definition) is 5. The van der Waals surface area contributed by atoms with Crippen LogP contribution in [0.25, 0.3) is 22.9 Å². The Hall–Kier alpha value is -4.91. The molecule has 5 rings (SSSR count). The van der Waals surface area contributed by atoms with Gasteiger partial charge in [-0.3, -0.25) is 19.1 Å². The lowest BCUT2D eigenvalue weighted by molar-refractivity contribution is -0.111. The van der Waals surface area contributed by atoms with Crippen molar-refractivity contribution >= 4 is 28.8 Å². The summed E-state index contributed by atoms with van der Waals surface area (Å²) < 4.78 is 1.54. The number of aromatic nitrogens is 4. The van der Waals surface area contributed by atoms with Crippen LogP contribution in [-0.4, -0.2) is 25.4 Å². The average Bonchev–Trinajstić information content (AvgIpc) is 2.89. The molecule has 0 fully saturated rings. The lowest BCUT2D eigenvalue weighted by atomic mass is 10.1. The summed E-state index contributed by atoms with van der Waals surface area (Å²) in [6.45, 7) is 0. The number of fused-ring (bicyclic) bond motifs is 1. The zero-order valence-corrected chi connectivity index (χ0v) is 18.7. The summed E-state index contributed by atoms with van der Waals surface area (Å²) in [5.41, 5.74) is 4.20. The first kappa shape index (κ1) is 21.9. The van der Waals surface area contributed by atoms with E-state index >= 15 is 0 Å². The zero-order valence-electron chi connectivity index (χ0n) is 18.7. The summed E-state index contributed by atoms with van der Waals surface area (Å²) in [7, 11) is 0. The number of rotatable bonds is 6. The fraction of sp³-hybridized carbons (Fsp3) is 0.0357. The predicted molar refractivity (Wildman–Crippen MR) is 136 cm³/mol. The molecule has 3 heterocycles. The van der Waals surface area contributed by atoms with Crippen molar-refractivity contribution in [2.24, 2.45) is 0 Å². The molecule has 7 nitrogen and oxygen atoms in total. The third kappa shape index (κ3) is 5.04. The average molecular weight is 460 g/mol. The summed E-state index contributed by atoms with van der Waals surface area (Å²) in [5.74, 6) is -0.291. The van der Waals surface area contributed by atoms with Gasteiger partial charge in [-0.2, -0.15) is 0 Å². The zero-order chi connectivity index (χ0) is 24.0. The Labute approximate surface area is 201 Å². The molecule has 3 aromatic heterocycles. The van der Waals surface area contributed by atoms with Crippen molar-refractivity contribution in [3.63, 3.8) is 0 Å². The van der Waals surface area contributed by atoms with Crippen LogP contribution in [0, 0.1) is 0 Å². The molecule has 170 valence electrons. The van der Waals surface area contributed by atoms with E-state index in [0.717, 1.165) is 11.1 Å². The van der Waals surface area contributed by atoms with Crippen LogP contribution in [0.4, 0.5) is 5.69 Å². The highest BCUT2D eigenvalue weighted by Gasteiger charge is 2.14. The second kappa shape index (κ2) is 9.93. The van der Waals surface area contributed by atoms with Crippen LogP contribution >= 0.6 is 0 Å². The Morgan fingerprint density at radius 3 is 2.63 bits per heavy atom. The number of nitrogens with zero attached hydrogens (tertiary/aromatic N) is 4. The summed E-state index contributed by atoms with van der Waals surface area (Å²) in [4.78, 5) is 39.0. The van der Waals surface area contributed by atoms with Crippen LogP contribution in [0.2, 0.25) is 0 Å². The molecule has 5 aromatic rings. The van der Waals surface area contributed by atoms with E-state index in [0.29, 0.717) is 34.7 Å². The van der Waals surface area contributed by atoms with E-state index < -0.39 is 0 Å². The monoisotopic (exact) mass is 459 g/mol. The normalized spacial score (nSPS) is 11.1. The van der Waals surface area contributed by atoms with Crippen LogP contribution in [-0.2, 0) is 11.2 Å². The number of benzene rings is 2. The summed E-state index contributed by atoms with van der Waals surface area (Å²) in [5, 5.41) is 2.85. The molecule has 0 aliphatic carbocycles. The molecule has 0 radical (unpaired) electrons. The highest BCUT2D eigenvalue weighted by molar-refractivity contribution is 6.02. The minimum Gasteiger partial charge on any atom is -0.322 e. The molecule has 7 heteroatoms. The number of nitrogens with one attached hydrogen (secondary N) is 1. The number of carbonyl (C=O) groups excluding carboxylic acids is 1. The maximum Gasteiger partial charge on any atom is 0.278 e. The van der Waals surface area contributed by atoms with Crippen molar-refractivity contribution in [1.82, 2.24) is 19.5 Å². The van der Waals surface area contributed by atoms with Gasteiger partial charge in [0, 0.05) is 36.8 Å². The second-order valence-corrected chi connectivity index (χ2v) is 7.87. The van der Waals surface area contributed by atoms with Gasteiger partial charge in [0.05, 0.1) is 5.69 Å². The molecule has 1 N–H and O–H groups in total. The van der Waals surface area contributed by atoms with Crippen molar-refractivity contribution in [2.75, 3.05) is 5.32 Å². The third-order valence-electron chi connectivity index (χ3n) is 5.38. The summed E-state index contributed by atoms with van der Waals surface area (Å²) >= 11 is 0. The molecule has 35 heavy (non-hydrogen) atoms. The fourth-order valence-electron chi connectivity index (χ4n) is 3.76. The van der Waals surface area contributed by atoms with Gasteiger partial charge < -0.3 is 5.32 Å². The molecule has 0 unspecified atom stereocenters. The van der Waals surface area contributed by atoms with E-state index in [4.69, 9.17) is 0 Å². The largest absolute Gasteiger partial charge is 0.322 e. The van der Waals surface area contributed by atoms with Gasteiger partial charge in [0.25, 0.3) is 5.56 Å². The molecular formula is C28H21N5O2. The third-order valence-corrected chi connectivity index (χ3v) is 5.38. The molecule has 0 saturated heterocycles. The Morgan fingerprint density at radius 1 is 0.943 bits per heavy atom. The second-order valence-electron chi connectivity index (χ2n) is 7.87. The minimum atomic E-state index is -0.291. The summed E-state index contributed by atoms with van der Waals surface area (Å²) in [6.07, 6.45) is 8.51. The Balaban J connectivity index is 1.50. The van der Waals surface area contributed by atoms with Crippen LogP contribution in [0.1, 0.15) is 16.8 Å². The highest BCUT2D eigenvalue weighted by atomic mass is 16.1. The van der Waals surface area contributed by atoms with E-state index in [1.807, 2.05) is 48.5 Å². The van der Waals surface area contributed by atoms with E-state index in [1.165, 1.54) is 6.08 Å². The summed E-state index contributed by atoms with van der Waals surface area (Å²) in [6, 6.07) is 24.1. The molecule has 0 aliphatic heterocycles. The van der Waals surface area contributed by atoms with Gasteiger partial charge in [0.2, 0.25) is 5.91 Å². The van der Waals surface area contributed by atoms with E-state index in [2.05, 4.69) is 20.3 Å². The van der Waals surface area contributed by atoms with Crippen LogP contribution < -0.4 is 10.9 Å². The smallest absolute Gasteiger partial charge is 0.278 e. The van der Waals surface area contributed by atoms with Gasteiger partial charge in [-0.25, -0.2) is 9.97 Å². The number of pyridine rings is 2. The molecular weight excluding hydrogens is 438 g/mol. The van der Waals surface area contributed by atoms with E-state index in [-0.39, 0.29) is 11.5 Å². The Kier molecular flexibility index (Phi) is 6.21. The van der Waals surface area contributed by atoms with Crippen molar-refractivity contribution in [3.8, 4) is 5.69 Å². The molecule has 2 aromatic carbocycles. The van der Waals surface area contributed by atoms with Gasteiger partial charge in [-0.1, -0.05) is 42.5 Å². The van der Waals surface area contributed by atoms with Gasteiger partial charge in [0.15, 0.2) is 5.65 Å². The lowest BCUT2D eigenvalue weighted by Gasteiger charge is -2.13. The standard InChI is InChI=1S/C28H21N5O2/c34-26(14-13-21-9-5-15-29-19-21)31-22-10-4-11-23(18-22)33-27-24(12-6-16-30-27)32-25(28(33)35)17-20-7-2-1-3-8-20/h1-16,18-19H,17H2,(H,31,34). The number of carbonyl (C=O) groups is 1. The van der Waals surface area contributed by atoms with Crippen molar-refractivity contribution < 1.29 is 4.79 Å². The number of hydrogen-bond donors (Lipinski definition) is 1. The van der Waals surface area contributed by atoms with Crippen molar-refractivity contribution in [3.05, 3.63) is 131 Å². The van der Waals surface area contributed by atoms with E-state index in [1.54, 1.807) is 59.6 Å². The van der Waals surface area contributed by atoms with Crippen molar-refractivity contribution in [1.29, 1.82) is 0 Å². The molecule has 1 amide bonds. The van der Waals surface area contributed by atoms with Crippen LogP contribution in [0.15, 0.2) is 108 Å². The molecule has 0 bridgehead atoms. The first-order chi connectivity index (χ1) is 17.2. The van der Waals surface area contributed by atoms with Crippen molar-refractivity contribution in [2.45, 2.75) is 6.42 Å². The molecule has 0 saturated carbocycles. The minimum absolute atomic E-state index is 0.250. The van der Waals surface area contributed by atoms with Gasteiger partial charge in [-0.15, -0.1) is 0 Å². The fourth-order valence-corrected chi connectivity index (χ4v) is 3.76. The van der Waals surface area contributed by atoms with Gasteiger partial charge in [0.1, 0.15) is 11.2 Å². The molecule has 0 spiro atoms. The van der Waals surface area contributed by atoms with Crippen LogP contribution in [0.3, 0.4) is 0 Å². The number of amides is 1. The first-order valence-electron chi connectivity index (χ1n) is 11.1. The highest BCUT2D eigenvalue weighted by Crippen LogP contribution is 2.18. The SMILES string of the molecule is O=C(C=Cc1cccnc1)Nc1cccc(-n2c(=O)c(Cc3ccccc3)nc3cccnc32)c1. The Morgan fingerprint density at radius 2 is 1.80 bits per heavy atom. The Bertz CT molecular complexity index is 1580. The topological polar surface area (TPSA) is 89.8 Å². The molecule has 0 atom stereocenters. The van der Waals surface area contributed by atoms with E-state index in [9.17, 15) is 9.59 Å². The maximum atomic E-state index is 13.5. The first-order valence-corrected chi connectivity index (χ1v) is 11.1. The quantitative estimate of drug-likeness (QED) is 0.380. The molecule has 0 aliphatic rings. The number of anilines is 1. The predicted octanol–water partition coefficient (Wildman–Crippen LogP) is 4.42. The van der Waals surface area contributed by atoms with Crippen LogP contribution in [0.5, 0.6) is 0 Å². The van der Waals surface area contributed by atoms with Gasteiger partial charge >= 0.3 is 0 Å².